The molecule has 5 nitrogen and oxygen atoms in total. The zero-order valence-electron chi connectivity index (χ0n) is 16.5. The van der Waals surface area contributed by atoms with E-state index in [0.29, 0.717) is 23.4 Å². The van der Waals surface area contributed by atoms with E-state index in [9.17, 15) is 13.2 Å². The van der Waals surface area contributed by atoms with Gasteiger partial charge in [0.15, 0.2) is 0 Å². The minimum absolute atomic E-state index is 0.183. The van der Waals surface area contributed by atoms with Gasteiger partial charge in [0.25, 0.3) is 15.9 Å². The fourth-order valence-electron chi connectivity index (χ4n) is 2.91. The molecule has 0 aliphatic heterocycles. The van der Waals surface area contributed by atoms with Crippen molar-refractivity contribution in [2.45, 2.75) is 25.2 Å². The maximum Gasteiger partial charge on any atom is 0.261 e. The summed E-state index contributed by atoms with van der Waals surface area (Å²) in [4.78, 5) is 12.6. The molecule has 0 aromatic heterocycles. The van der Waals surface area contributed by atoms with Crippen molar-refractivity contribution in [2.75, 3.05) is 11.3 Å². The van der Waals surface area contributed by atoms with Crippen LogP contribution in [0.15, 0.2) is 77.7 Å². The highest BCUT2D eigenvalue weighted by Crippen LogP contribution is 2.21. The molecule has 0 heterocycles. The summed E-state index contributed by atoms with van der Waals surface area (Å²) in [5, 5.41) is 2.90. The van der Waals surface area contributed by atoms with E-state index in [1.165, 1.54) is 0 Å². The maximum absolute atomic E-state index is 12.6. The van der Waals surface area contributed by atoms with E-state index < -0.39 is 10.0 Å². The van der Waals surface area contributed by atoms with Crippen molar-refractivity contribution < 1.29 is 13.2 Å². The average Bonchev–Trinajstić information content (AvgIpc) is 2.70. The molecule has 1 amide bonds. The topological polar surface area (TPSA) is 75.3 Å². The van der Waals surface area contributed by atoms with Gasteiger partial charge in [-0.05, 0) is 61.7 Å². The van der Waals surface area contributed by atoms with Gasteiger partial charge in [0, 0.05) is 12.1 Å². The number of rotatable bonds is 7. The highest BCUT2D eigenvalue weighted by Gasteiger charge is 2.16. The summed E-state index contributed by atoms with van der Waals surface area (Å²) >= 11 is 0. The number of hydrogen-bond acceptors (Lipinski definition) is 3. The van der Waals surface area contributed by atoms with Gasteiger partial charge in [-0.15, -0.1) is 0 Å². The Balaban J connectivity index is 1.64. The van der Waals surface area contributed by atoms with E-state index in [-0.39, 0.29) is 10.8 Å². The standard InChI is InChI=1S/C23H24N2O3S/c1-17-8-11-21(12-9-17)29(27,28)25-22-13-10-20(16-18(22)2)23(26)24-15-14-19-6-4-3-5-7-19/h3-13,16,25H,14-15H2,1-2H3,(H,24,26). The molecular weight excluding hydrogens is 384 g/mol. The van der Waals surface area contributed by atoms with Crippen LogP contribution in [0, 0.1) is 13.8 Å². The van der Waals surface area contributed by atoms with E-state index in [0.717, 1.165) is 17.5 Å². The molecule has 2 N–H and O–H groups in total. The first-order valence-corrected chi connectivity index (χ1v) is 10.9. The Kier molecular flexibility index (Phi) is 6.34. The molecule has 0 atom stereocenters. The van der Waals surface area contributed by atoms with Gasteiger partial charge in [-0.25, -0.2) is 8.42 Å². The normalized spacial score (nSPS) is 11.1. The summed E-state index contributed by atoms with van der Waals surface area (Å²) in [7, 11) is -3.68. The lowest BCUT2D eigenvalue weighted by Crippen LogP contribution is -2.25. The van der Waals surface area contributed by atoms with Crippen LogP contribution >= 0.6 is 0 Å². The zero-order chi connectivity index (χ0) is 20.9. The quantitative estimate of drug-likeness (QED) is 0.619. The average molecular weight is 409 g/mol. The Hall–Kier alpha value is -3.12. The van der Waals surface area contributed by atoms with Gasteiger partial charge < -0.3 is 5.32 Å². The third-order valence-electron chi connectivity index (χ3n) is 4.61. The van der Waals surface area contributed by atoms with Crippen molar-refractivity contribution in [1.29, 1.82) is 0 Å². The number of aryl methyl sites for hydroxylation is 2. The van der Waals surface area contributed by atoms with Gasteiger partial charge >= 0.3 is 0 Å². The Morgan fingerprint density at radius 3 is 2.24 bits per heavy atom. The van der Waals surface area contributed by atoms with E-state index in [2.05, 4.69) is 10.0 Å². The summed E-state index contributed by atoms with van der Waals surface area (Å²) in [6.45, 7) is 4.20. The first-order chi connectivity index (χ1) is 13.8. The molecule has 150 valence electrons. The molecule has 3 aromatic rings. The van der Waals surface area contributed by atoms with Crippen molar-refractivity contribution in [3.63, 3.8) is 0 Å². The van der Waals surface area contributed by atoms with Gasteiger partial charge in [-0.1, -0.05) is 48.0 Å². The van der Waals surface area contributed by atoms with Crippen molar-refractivity contribution in [3.8, 4) is 0 Å². The number of benzene rings is 3. The van der Waals surface area contributed by atoms with E-state index in [1.54, 1.807) is 49.4 Å². The van der Waals surface area contributed by atoms with E-state index >= 15 is 0 Å². The van der Waals surface area contributed by atoms with Gasteiger partial charge in [0.1, 0.15) is 0 Å². The molecule has 0 fully saturated rings. The van der Waals surface area contributed by atoms with Crippen LogP contribution in [0.25, 0.3) is 0 Å². The molecule has 0 radical (unpaired) electrons. The molecule has 0 aliphatic carbocycles. The van der Waals surface area contributed by atoms with Crippen molar-refractivity contribution >= 4 is 21.6 Å². The maximum atomic E-state index is 12.6. The highest BCUT2D eigenvalue weighted by atomic mass is 32.2. The second-order valence-corrected chi connectivity index (χ2v) is 8.62. The third-order valence-corrected chi connectivity index (χ3v) is 5.99. The van der Waals surface area contributed by atoms with Crippen molar-refractivity contribution in [1.82, 2.24) is 5.32 Å². The lowest BCUT2D eigenvalue weighted by atomic mass is 10.1. The van der Waals surface area contributed by atoms with Crippen molar-refractivity contribution in [2.24, 2.45) is 0 Å². The smallest absolute Gasteiger partial charge is 0.261 e. The number of hydrogen-bond donors (Lipinski definition) is 2. The summed E-state index contributed by atoms with van der Waals surface area (Å²) in [5.41, 5.74) is 3.77. The second-order valence-electron chi connectivity index (χ2n) is 6.94. The van der Waals surface area contributed by atoms with E-state index in [1.807, 2.05) is 37.3 Å². The van der Waals surface area contributed by atoms with E-state index in [4.69, 9.17) is 0 Å². The molecule has 0 aliphatic rings. The Labute approximate surface area is 171 Å². The van der Waals surface area contributed by atoms with Gasteiger partial charge in [0.05, 0.1) is 10.6 Å². The number of carbonyl (C=O) groups excluding carboxylic acids is 1. The Morgan fingerprint density at radius 2 is 1.59 bits per heavy atom. The molecule has 0 spiro atoms. The molecule has 0 unspecified atom stereocenters. The molecule has 3 rings (SSSR count). The second kappa shape index (κ2) is 8.92. The summed E-state index contributed by atoms with van der Waals surface area (Å²) in [6.07, 6.45) is 0.750. The zero-order valence-corrected chi connectivity index (χ0v) is 17.3. The first kappa shape index (κ1) is 20.6. The fraction of sp³-hybridized carbons (Fsp3) is 0.174. The first-order valence-electron chi connectivity index (χ1n) is 9.37. The SMILES string of the molecule is Cc1ccc(S(=O)(=O)Nc2ccc(C(=O)NCCc3ccccc3)cc2C)cc1. The lowest BCUT2D eigenvalue weighted by Gasteiger charge is -2.12. The summed E-state index contributed by atoms with van der Waals surface area (Å²) < 4.78 is 27.7. The summed E-state index contributed by atoms with van der Waals surface area (Å²) in [6, 6.07) is 21.5. The van der Waals surface area contributed by atoms with Crippen molar-refractivity contribution in [3.05, 3.63) is 95.1 Å². The number of amides is 1. The van der Waals surface area contributed by atoms with Crippen LogP contribution in [0.1, 0.15) is 27.0 Å². The monoisotopic (exact) mass is 408 g/mol. The molecule has 0 bridgehead atoms. The van der Waals surface area contributed by atoms with Crippen LogP contribution in [0.5, 0.6) is 0 Å². The minimum Gasteiger partial charge on any atom is -0.352 e. The van der Waals surface area contributed by atoms with Gasteiger partial charge in [-0.3, -0.25) is 9.52 Å². The summed E-state index contributed by atoms with van der Waals surface area (Å²) in [5.74, 6) is -0.183. The third kappa shape index (κ3) is 5.45. The van der Waals surface area contributed by atoms with Crippen LogP contribution in [-0.2, 0) is 16.4 Å². The molecular formula is C23H24N2O3S. The molecule has 6 heteroatoms. The van der Waals surface area contributed by atoms with Gasteiger partial charge in [-0.2, -0.15) is 0 Å². The van der Waals surface area contributed by atoms with Crippen LogP contribution in [0.3, 0.4) is 0 Å². The molecule has 29 heavy (non-hydrogen) atoms. The van der Waals surface area contributed by atoms with Crippen LogP contribution in [0.4, 0.5) is 5.69 Å². The number of sulfonamides is 1. The van der Waals surface area contributed by atoms with Gasteiger partial charge in [0.2, 0.25) is 0 Å². The largest absolute Gasteiger partial charge is 0.352 e. The highest BCUT2D eigenvalue weighted by molar-refractivity contribution is 7.92. The number of anilines is 1. The number of carbonyl (C=O) groups is 1. The predicted molar refractivity (Wildman–Crippen MR) is 116 cm³/mol. The molecule has 0 saturated carbocycles. The fourth-order valence-corrected chi connectivity index (χ4v) is 4.04. The minimum atomic E-state index is -3.68. The lowest BCUT2D eigenvalue weighted by molar-refractivity contribution is 0.0954. The predicted octanol–water partition coefficient (Wildman–Crippen LogP) is 4.08. The number of nitrogens with one attached hydrogen (secondary N) is 2. The van der Waals surface area contributed by atoms with Crippen LogP contribution in [0.2, 0.25) is 0 Å². The Bertz CT molecular complexity index is 1090. The molecule has 3 aromatic carbocycles. The van der Waals surface area contributed by atoms with Crippen LogP contribution in [-0.4, -0.2) is 20.9 Å². The Morgan fingerprint density at radius 1 is 0.897 bits per heavy atom. The van der Waals surface area contributed by atoms with Crippen LogP contribution < -0.4 is 10.0 Å². The molecule has 0 saturated heterocycles.